The molecule has 24 heavy (non-hydrogen) atoms. The van der Waals surface area contributed by atoms with Gasteiger partial charge in [0, 0.05) is 18.2 Å². The topological polar surface area (TPSA) is 55.8 Å². The number of imide groups is 1. The van der Waals surface area contributed by atoms with Crippen molar-refractivity contribution in [1.82, 2.24) is 4.90 Å². The highest BCUT2D eigenvalue weighted by Gasteiger charge is 2.37. The largest absolute Gasteiger partial charge is 0.491 e. The van der Waals surface area contributed by atoms with Crippen molar-refractivity contribution < 1.29 is 19.1 Å². The first-order valence-corrected chi connectivity index (χ1v) is 8.42. The third kappa shape index (κ3) is 3.03. The van der Waals surface area contributed by atoms with Gasteiger partial charge < -0.3 is 9.47 Å². The van der Waals surface area contributed by atoms with Crippen LogP contribution in [-0.2, 0) is 16.0 Å². The first-order valence-electron chi connectivity index (χ1n) is 8.42. The fourth-order valence-electron chi connectivity index (χ4n) is 3.33. The number of carbonyl (C=O) groups is 2. The van der Waals surface area contributed by atoms with Gasteiger partial charge in [0.2, 0.25) is 0 Å². The first-order chi connectivity index (χ1) is 11.4. The van der Waals surface area contributed by atoms with Gasteiger partial charge in [-0.3, -0.25) is 14.5 Å². The molecule has 1 aromatic carbocycles. The van der Waals surface area contributed by atoms with Gasteiger partial charge in [0.15, 0.2) is 0 Å². The predicted octanol–water partition coefficient (Wildman–Crippen LogP) is 3.17. The maximum Gasteiger partial charge on any atom is 0.254 e. The van der Waals surface area contributed by atoms with Gasteiger partial charge in [0.1, 0.15) is 11.5 Å². The summed E-state index contributed by atoms with van der Waals surface area (Å²) in [7, 11) is 0. The lowest BCUT2D eigenvalue weighted by Gasteiger charge is -2.24. The van der Waals surface area contributed by atoms with Crippen molar-refractivity contribution in [1.29, 1.82) is 0 Å². The average Bonchev–Trinajstić information content (AvgIpc) is 3.01. The van der Waals surface area contributed by atoms with Crippen molar-refractivity contribution in [3.63, 3.8) is 0 Å². The second-order valence-electron chi connectivity index (χ2n) is 6.76. The minimum atomic E-state index is -0.251. The molecule has 1 aromatic rings. The van der Waals surface area contributed by atoms with E-state index in [9.17, 15) is 9.59 Å². The SMILES string of the molecule is CC(C)Oc1cc(OC(C)C)c2c(c1)[C@@H](N1C(=O)C=CC1=O)CC2. The van der Waals surface area contributed by atoms with E-state index < -0.39 is 0 Å². The highest BCUT2D eigenvalue weighted by Crippen LogP contribution is 2.44. The molecule has 0 fully saturated rings. The zero-order valence-electron chi connectivity index (χ0n) is 14.5. The van der Waals surface area contributed by atoms with Crippen molar-refractivity contribution in [2.24, 2.45) is 0 Å². The molecule has 0 unspecified atom stereocenters. The molecule has 5 heteroatoms. The molecule has 2 aliphatic rings. The first kappa shape index (κ1) is 16.6. The third-order valence-electron chi connectivity index (χ3n) is 4.13. The standard InChI is InChI=1S/C19H23NO4/c1-11(2)23-13-9-15-14(17(10-13)24-12(3)4)5-6-16(15)20-18(21)7-8-19(20)22/h7-12,16H,5-6H2,1-4H3/t16-/m0/s1. The summed E-state index contributed by atoms with van der Waals surface area (Å²) in [4.78, 5) is 25.5. The predicted molar refractivity (Wildman–Crippen MR) is 90.0 cm³/mol. The summed E-state index contributed by atoms with van der Waals surface area (Å²) in [5.74, 6) is 0.991. The third-order valence-corrected chi connectivity index (χ3v) is 4.13. The lowest BCUT2D eigenvalue weighted by atomic mass is 10.1. The van der Waals surface area contributed by atoms with Gasteiger partial charge >= 0.3 is 0 Å². The molecule has 1 heterocycles. The van der Waals surface area contributed by atoms with Gasteiger partial charge in [-0.25, -0.2) is 0 Å². The summed E-state index contributed by atoms with van der Waals surface area (Å²) in [6.45, 7) is 7.88. The van der Waals surface area contributed by atoms with E-state index in [-0.39, 0.29) is 30.1 Å². The van der Waals surface area contributed by atoms with E-state index in [1.165, 1.54) is 17.1 Å². The maximum absolute atomic E-state index is 12.1. The number of benzene rings is 1. The summed E-state index contributed by atoms with van der Waals surface area (Å²) in [6.07, 6.45) is 4.24. The molecule has 0 radical (unpaired) electrons. The minimum absolute atomic E-state index is 0.0338. The zero-order chi connectivity index (χ0) is 17.4. The number of hydrogen-bond acceptors (Lipinski definition) is 4. The molecule has 0 bridgehead atoms. The van der Waals surface area contributed by atoms with Crippen molar-refractivity contribution in [2.75, 3.05) is 0 Å². The lowest BCUT2D eigenvalue weighted by molar-refractivity contribution is -0.139. The van der Waals surface area contributed by atoms with Crippen LogP contribution in [-0.4, -0.2) is 28.9 Å². The molecule has 1 aliphatic carbocycles. The molecule has 5 nitrogen and oxygen atoms in total. The Balaban J connectivity index is 2.02. The highest BCUT2D eigenvalue weighted by molar-refractivity contribution is 6.13. The highest BCUT2D eigenvalue weighted by atomic mass is 16.5. The second-order valence-corrected chi connectivity index (χ2v) is 6.76. The summed E-state index contributed by atoms with van der Waals surface area (Å²) in [5.41, 5.74) is 2.02. The average molecular weight is 329 g/mol. The summed E-state index contributed by atoms with van der Waals surface area (Å²) in [5, 5.41) is 0. The van der Waals surface area contributed by atoms with E-state index in [2.05, 4.69) is 0 Å². The number of carbonyl (C=O) groups excluding carboxylic acids is 2. The van der Waals surface area contributed by atoms with Crippen molar-refractivity contribution in [3.05, 3.63) is 35.4 Å². The number of fused-ring (bicyclic) bond motifs is 1. The normalized spacial score (nSPS) is 19.6. The van der Waals surface area contributed by atoms with Crippen LogP contribution in [0.4, 0.5) is 0 Å². The second kappa shape index (κ2) is 6.30. The number of ether oxygens (including phenoxy) is 2. The Morgan fingerprint density at radius 1 is 1.00 bits per heavy atom. The van der Waals surface area contributed by atoms with E-state index in [0.29, 0.717) is 12.2 Å². The van der Waals surface area contributed by atoms with E-state index in [1.807, 2.05) is 39.8 Å². The van der Waals surface area contributed by atoms with Crippen LogP contribution in [0, 0.1) is 0 Å². The van der Waals surface area contributed by atoms with Gasteiger partial charge in [-0.1, -0.05) is 0 Å². The number of amides is 2. The molecule has 0 saturated carbocycles. The smallest absolute Gasteiger partial charge is 0.254 e. The van der Waals surface area contributed by atoms with E-state index in [4.69, 9.17) is 9.47 Å². The molecule has 1 atom stereocenters. The van der Waals surface area contributed by atoms with Crippen molar-refractivity contribution >= 4 is 11.8 Å². The summed E-state index contributed by atoms with van der Waals surface area (Å²) in [6, 6.07) is 3.60. The van der Waals surface area contributed by atoms with Crippen LogP contribution < -0.4 is 9.47 Å². The molecule has 128 valence electrons. The van der Waals surface area contributed by atoms with Crippen LogP contribution in [0.15, 0.2) is 24.3 Å². The molecule has 3 rings (SSSR count). The molecule has 2 amide bonds. The Morgan fingerprint density at radius 2 is 1.62 bits per heavy atom. The molecule has 0 aromatic heterocycles. The van der Waals surface area contributed by atoms with Crippen LogP contribution in [0.1, 0.15) is 51.3 Å². The maximum atomic E-state index is 12.1. The minimum Gasteiger partial charge on any atom is -0.491 e. The van der Waals surface area contributed by atoms with Gasteiger partial charge in [-0.15, -0.1) is 0 Å². The summed E-state index contributed by atoms with van der Waals surface area (Å²) >= 11 is 0. The van der Waals surface area contributed by atoms with Crippen LogP contribution in [0.3, 0.4) is 0 Å². The quantitative estimate of drug-likeness (QED) is 0.779. The Morgan fingerprint density at radius 3 is 2.21 bits per heavy atom. The van der Waals surface area contributed by atoms with Crippen LogP contribution in [0.2, 0.25) is 0 Å². The van der Waals surface area contributed by atoms with E-state index in [1.54, 1.807) is 0 Å². The van der Waals surface area contributed by atoms with Gasteiger partial charge in [-0.05, 0) is 57.7 Å². The molecule has 0 saturated heterocycles. The van der Waals surface area contributed by atoms with E-state index >= 15 is 0 Å². The lowest BCUT2D eigenvalue weighted by Crippen LogP contribution is -2.33. The molecular formula is C19H23NO4. The molecule has 1 aliphatic heterocycles. The van der Waals surface area contributed by atoms with Gasteiger partial charge in [-0.2, -0.15) is 0 Å². The Bertz CT molecular complexity index is 688. The van der Waals surface area contributed by atoms with Gasteiger partial charge in [0.05, 0.1) is 18.2 Å². The van der Waals surface area contributed by atoms with Crippen LogP contribution in [0.25, 0.3) is 0 Å². The number of rotatable bonds is 5. The van der Waals surface area contributed by atoms with E-state index in [0.717, 1.165) is 23.3 Å². The Labute approximate surface area is 142 Å². The van der Waals surface area contributed by atoms with Crippen LogP contribution in [0.5, 0.6) is 11.5 Å². The fourth-order valence-corrected chi connectivity index (χ4v) is 3.33. The fraction of sp³-hybridized carbons (Fsp3) is 0.474. The number of nitrogens with zero attached hydrogens (tertiary/aromatic N) is 1. The van der Waals surface area contributed by atoms with Crippen molar-refractivity contribution in [3.8, 4) is 11.5 Å². The molecular weight excluding hydrogens is 306 g/mol. The molecule has 0 N–H and O–H groups in total. The molecule has 0 spiro atoms. The Kier molecular flexibility index (Phi) is 4.35. The van der Waals surface area contributed by atoms with Crippen molar-refractivity contribution in [2.45, 2.75) is 58.8 Å². The van der Waals surface area contributed by atoms with Gasteiger partial charge in [0.25, 0.3) is 11.8 Å². The summed E-state index contributed by atoms with van der Waals surface area (Å²) < 4.78 is 11.8. The van der Waals surface area contributed by atoms with Crippen LogP contribution >= 0.6 is 0 Å². The monoisotopic (exact) mass is 329 g/mol. The zero-order valence-corrected chi connectivity index (χ0v) is 14.5. The number of hydrogen-bond donors (Lipinski definition) is 0. The Hall–Kier alpha value is -2.30.